The first kappa shape index (κ1) is 17.4. The van der Waals surface area contributed by atoms with Crippen molar-refractivity contribution in [3.63, 3.8) is 0 Å². The molecule has 26 heavy (non-hydrogen) atoms. The van der Waals surface area contributed by atoms with Gasteiger partial charge in [-0.1, -0.05) is 12.1 Å². The maximum Gasteiger partial charge on any atom is 0.282 e. The smallest absolute Gasteiger partial charge is 0.282 e. The Balaban J connectivity index is 1.86. The van der Waals surface area contributed by atoms with Gasteiger partial charge in [-0.25, -0.2) is 0 Å². The van der Waals surface area contributed by atoms with Crippen LogP contribution in [0.15, 0.2) is 42.5 Å². The molecule has 0 saturated carbocycles. The lowest BCUT2D eigenvalue weighted by Gasteiger charge is -2.18. The normalized spacial score (nSPS) is 15.1. The van der Waals surface area contributed by atoms with E-state index in [1.807, 2.05) is 0 Å². The van der Waals surface area contributed by atoms with Crippen LogP contribution in [0.5, 0.6) is 5.75 Å². The summed E-state index contributed by atoms with van der Waals surface area (Å²) in [6.07, 6.45) is 0. The van der Waals surface area contributed by atoms with Crippen LogP contribution in [-0.4, -0.2) is 23.3 Å². The number of carbonyl (C=O) groups excluding carboxylic acids is 2. The molecular formula is C18H17N3O5. The third kappa shape index (κ3) is 3.34. The molecule has 8 nitrogen and oxygen atoms in total. The van der Waals surface area contributed by atoms with E-state index in [0.717, 1.165) is 0 Å². The summed E-state index contributed by atoms with van der Waals surface area (Å²) in [6.45, 7) is 3.77. The number of carbonyl (C=O) groups is 2. The second-order valence-electron chi connectivity index (χ2n) is 6.57. The Kier molecular flexibility index (Phi) is 4.33. The number of nitro groups is 1. The van der Waals surface area contributed by atoms with Gasteiger partial charge in [0.25, 0.3) is 11.6 Å². The van der Waals surface area contributed by atoms with E-state index in [0.29, 0.717) is 17.1 Å². The molecule has 2 aromatic rings. The Bertz CT molecular complexity index is 907. The van der Waals surface area contributed by atoms with E-state index in [-0.39, 0.29) is 23.8 Å². The summed E-state index contributed by atoms with van der Waals surface area (Å²) in [4.78, 5) is 35.1. The van der Waals surface area contributed by atoms with Gasteiger partial charge in [-0.15, -0.1) is 0 Å². The number of nitrogens with zero attached hydrogens (tertiary/aromatic N) is 1. The van der Waals surface area contributed by atoms with Crippen molar-refractivity contribution < 1.29 is 19.2 Å². The van der Waals surface area contributed by atoms with E-state index in [1.54, 1.807) is 38.1 Å². The summed E-state index contributed by atoms with van der Waals surface area (Å²) < 4.78 is 5.64. The Hall–Kier alpha value is -3.42. The molecule has 0 atom stereocenters. The lowest BCUT2D eigenvalue weighted by molar-refractivity contribution is -0.385. The maximum absolute atomic E-state index is 12.4. The molecule has 0 spiro atoms. The molecule has 1 aliphatic rings. The molecule has 2 amide bonds. The van der Waals surface area contributed by atoms with Gasteiger partial charge in [0, 0.05) is 11.8 Å². The van der Waals surface area contributed by atoms with E-state index in [2.05, 4.69) is 10.6 Å². The lowest BCUT2D eigenvalue weighted by Crippen LogP contribution is -2.33. The van der Waals surface area contributed by atoms with Crippen molar-refractivity contribution in [2.24, 2.45) is 5.41 Å². The van der Waals surface area contributed by atoms with E-state index in [1.165, 1.54) is 18.2 Å². The SMILES string of the molecule is CC1(C)COc2ccc(NC(=O)c3ccccc3[N+](=O)[O-])cc2NC1=O. The summed E-state index contributed by atoms with van der Waals surface area (Å²) in [5, 5.41) is 16.4. The van der Waals surface area contributed by atoms with Crippen molar-refractivity contribution in [3.05, 3.63) is 58.1 Å². The van der Waals surface area contributed by atoms with Gasteiger partial charge in [-0.3, -0.25) is 19.7 Å². The summed E-state index contributed by atoms with van der Waals surface area (Å²) in [7, 11) is 0. The number of benzene rings is 2. The first-order valence-electron chi connectivity index (χ1n) is 7.91. The summed E-state index contributed by atoms with van der Waals surface area (Å²) >= 11 is 0. The van der Waals surface area contributed by atoms with Gasteiger partial charge in [-0.05, 0) is 38.1 Å². The molecule has 1 aliphatic heterocycles. The van der Waals surface area contributed by atoms with Gasteiger partial charge in [0.1, 0.15) is 17.9 Å². The van der Waals surface area contributed by atoms with E-state index >= 15 is 0 Å². The van der Waals surface area contributed by atoms with Crippen LogP contribution >= 0.6 is 0 Å². The van der Waals surface area contributed by atoms with Gasteiger partial charge in [0.15, 0.2) is 0 Å². The molecule has 2 aromatic carbocycles. The van der Waals surface area contributed by atoms with Crippen molar-refractivity contribution in [1.82, 2.24) is 0 Å². The molecule has 0 fully saturated rings. The lowest BCUT2D eigenvalue weighted by atomic mass is 9.94. The van der Waals surface area contributed by atoms with Crippen LogP contribution in [0, 0.1) is 15.5 Å². The van der Waals surface area contributed by atoms with Crippen molar-refractivity contribution >= 4 is 28.9 Å². The van der Waals surface area contributed by atoms with Crippen molar-refractivity contribution in [2.45, 2.75) is 13.8 Å². The van der Waals surface area contributed by atoms with Gasteiger partial charge >= 0.3 is 0 Å². The zero-order chi connectivity index (χ0) is 18.9. The number of ether oxygens (including phenoxy) is 1. The third-order valence-corrected chi connectivity index (χ3v) is 4.03. The van der Waals surface area contributed by atoms with Crippen LogP contribution in [0.1, 0.15) is 24.2 Å². The van der Waals surface area contributed by atoms with Crippen LogP contribution in [0.4, 0.5) is 17.1 Å². The van der Waals surface area contributed by atoms with Gasteiger partial charge in [0.05, 0.1) is 16.0 Å². The zero-order valence-corrected chi connectivity index (χ0v) is 14.2. The average Bonchev–Trinajstić information content (AvgIpc) is 2.71. The van der Waals surface area contributed by atoms with Gasteiger partial charge < -0.3 is 15.4 Å². The monoisotopic (exact) mass is 355 g/mol. The fourth-order valence-electron chi connectivity index (χ4n) is 2.47. The van der Waals surface area contributed by atoms with Crippen molar-refractivity contribution in [1.29, 1.82) is 0 Å². The molecule has 134 valence electrons. The molecule has 2 N–H and O–H groups in total. The highest BCUT2D eigenvalue weighted by Crippen LogP contribution is 2.34. The predicted molar refractivity (Wildman–Crippen MR) is 95.4 cm³/mol. The number of amides is 2. The van der Waals surface area contributed by atoms with Gasteiger partial charge in [-0.2, -0.15) is 0 Å². The van der Waals surface area contributed by atoms with Crippen LogP contribution in [-0.2, 0) is 4.79 Å². The predicted octanol–water partition coefficient (Wildman–Crippen LogP) is 3.20. The highest BCUT2D eigenvalue weighted by molar-refractivity contribution is 6.07. The highest BCUT2D eigenvalue weighted by atomic mass is 16.6. The first-order chi connectivity index (χ1) is 12.3. The Morgan fingerprint density at radius 2 is 2.00 bits per heavy atom. The summed E-state index contributed by atoms with van der Waals surface area (Å²) in [5.41, 5.74) is -0.198. The fraction of sp³-hybridized carbons (Fsp3) is 0.222. The van der Waals surface area contributed by atoms with E-state index in [4.69, 9.17) is 4.74 Å². The molecule has 0 radical (unpaired) electrons. The summed E-state index contributed by atoms with van der Waals surface area (Å²) in [5.74, 6) is -0.315. The quantitative estimate of drug-likeness (QED) is 0.649. The second kappa shape index (κ2) is 6.47. The number of nitrogens with one attached hydrogen (secondary N) is 2. The minimum atomic E-state index is -0.687. The van der Waals surface area contributed by atoms with Crippen LogP contribution in [0.2, 0.25) is 0 Å². The molecule has 8 heteroatoms. The van der Waals surface area contributed by atoms with Crippen LogP contribution in [0.25, 0.3) is 0 Å². The molecule has 0 aliphatic carbocycles. The molecule has 0 bridgehead atoms. The topological polar surface area (TPSA) is 111 Å². The number of hydrogen-bond acceptors (Lipinski definition) is 5. The maximum atomic E-state index is 12.4. The molecule has 0 aromatic heterocycles. The Morgan fingerprint density at radius 1 is 1.27 bits per heavy atom. The van der Waals surface area contributed by atoms with Crippen LogP contribution < -0.4 is 15.4 Å². The summed E-state index contributed by atoms with van der Waals surface area (Å²) in [6, 6.07) is 10.5. The Morgan fingerprint density at radius 3 is 2.73 bits per heavy atom. The molecular weight excluding hydrogens is 338 g/mol. The fourth-order valence-corrected chi connectivity index (χ4v) is 2.47. The van der Waals surface area contributed by atoms with Crippen molar-refractivity contribution in [3.8, 4) is 5.75 Å². The Labute approximate surface area is 149 Å². The van der Waals surface area contributed by atoms with E-state index in [9.17, 15) is 19.7 Å². The molecule has 3 rings (SSSR count). The second-order valence-corrected chi connectivity index (χ2v) is 6.57. The highest BCUT2D eigenvalue weighted by Gasteiger charge is 2.32. The van der Waals surface area contributed by atoms with Gasteiger partial charge in [0.2, 0.25) is 5.91 Å². The third-order valence-electron chi connectivity index (χ3n) is 4.03. The number of fused-ring (bicyclic) bond motifs is 1. The largest absolute Gasteiger partial charge is 0.490 e. The average molecular weight is 355 g/mol. The molecule has 1 heterocycles. The number of anilines is 2. The minimum absolute atomic E-state index is 0.0474. The number of para-hydroxylation sites is 1. The number of rotatable bonds is 3. The molecule has 0 unspecified atom stereocenters. The zero-order valence-electron chi connectivity index (χ0n) is 14.2. The van der Waals surface area contributed by atoms with Crippen molar-refractivity contribution in [2.75, 3.05) is 17.2 Å². The standard InChI is InChI=1S/C18H17N3O5/c1-18(2)10-26-15-8-7-11(9-13(15)20-17(18)23)19-16(22)12-5-3-4-6-14(12)21(24)25/h3-9H,10H2,1-2H3,(H,19,22)(H,20,23). The number of hydrogen-bond donors (Lipinski definition) is 2. The molecule has 0 saturated heterocycles. The van der Waals surface area contributed by atoms with Crippen LogP contribution in [0.3, 0.4) is 0 Å². The minimum Gasteiger partial charge on any atom is -0.490 e. The first-order valence-corrected chi connectivity index (χ1v) is 7.91. The number of nitro benzene ring substituents is 1. The van der Waals surface area contributed by atoms with E-state index < -0.39 is 16.2 Å².